The van der Waals surface area contributed by atoms with E-state index < -0.39 is 0 Å². The molecule has 2 aromatic rings. The van der Waals surface area contributed by atoms with Crippen molar-refractivity contribution in [2.45, 2.75) is 10.9 Å². The Morgan fingerprint density at radius 1 is 1.15 bits per heavy atom. The monoisotopic (exact) mass is 291 g/mol. The van der Waals surface area contributed by atoms with E-state index in [2.05, 4.69) is 0 Å². The summed E-state index contributed by atoms with van der Waals surface area (Å²) in [5.41, 5.74) is 7.10. The maximum Gasteiger partial charge on any atom is 0.231 e. The van der Waals surface area contributed by atoms with E-state index in [1.54, 1.807) is 12.1 Å². The van der Waals surface area contributed by atoms with Gasteiger partial charge in [0.1, 0.15) is 5.82 Å². The largest absolute Gasteiger partial charge is 0.454 e. The number of benzene rings is 2. The first kappa shape index (κ1) is 13.3. The predicted molar refractivity (Wildman–Crippen MR) is 76.6 cm³/mol. The molecule has 104 valence electrons. The molecule has 0 spiro atoms. The SMILES string of the molecule is NC(CSc1ccccc1F)c1ccc2c(c1)OCO2. The van der Waals surface area contributed by atoms with Crippen LogP contribution < -0.4 is 15.2 Å². The van der Waals surface area contributed by atoms with Crippen molar-refractivity contribution in [1.82, 2.24) is 0 Å². The molecule has 0 bridgehead atoms. The molecule has 2 aromatic carbocycles. The summed E-state index contributed by atoms with van der Waals surface area (Å²) >= 11 is 1.41. The van der Waals surface area contributed by atoms with Crippen LogP contribution in [0.4, 0.5) is 4.39 Å². The Morgan fingerprint density at radius 2 is 1.95 bits per heavy atom. The second-order valence-electron chi connectivity index (χ2n) is 4.46. The fraction of sp³-hybridized carbons (Fsp3) is 0.200. The molecule has 0 radical (unpaired) electrons. The number of halogens is 1. The van der Waals surface area contributed by atoms with Gasteiger partial charge in [0.15, 0.2) is 11.5 Å². The Bertz CT molecular complexity index is 621. The maximum atomic E-state index is 13.5. The molecule has 3 rings (SSSR count). The van der Waals surface area contributed by atoms with Crippen molar-refractivity contribution in [2.75, 3.05) is 12.5 Å². The molecule has 3 nitrogen and oxygen atoms in total. The summed E-state index contributed by atoms with van der Waals surface area (Å²) < 4.78 is 24.1. The fourth-order valence-corrected chi connectivity index (χ4v) is 2.91. The molecule has 1 aliphatic rings. The van der Waals surface area contributed by atoms with E-state index in [4.69, 9.17) is 15.2 Å². The molecule has 2 N–H and O–H groups in total. The maximum absolute atomic E-state index is 13.5. The summed E-state index contributed by atoms with van der Waals surface area (Å²) in [6.45, 7) is 0.248. The van der Waals surface area contributed by atoms with Crippen LogP contribution >= 0.6 is 11.8 Å². The summed E-state index contributed by atoms with van der Waals surface area (Å²) in [6.07, 6.45) is 0. The van der Waals surface area contributed by atoms with Crippen LogP contribution in [0.3, 0.4) is 0 Å². The van der Waals surface area contributed by atoms with Crippen LogP contribution in [0, 0.1) is 5.82 Å². The van der Waals surface area contributed by atoms with E-state index >= 15 is 0 Å². The quantitative estimate of drug-likeness (QED) is 0.877. The Kier molecular flexibility index (Phi) is 3.80. The number of fused-ring (bicyclic) bond motifs is 1. The lowest BCUT2D eigenvalue weighted by molar-refractivity contribution is 0.174. The first-order chi connectivity index (χ1) is 9.74. The molecule has 1 aliphatic heterocycles. The van der Waals surface area contributed by atoms with Gasteiger partial charge >= 0.3 is 0 Å². The molecule has 0 aromatic heterocycles. The summed E-state index contributed by atoms with van der Waals surface area (Å²) in [5, 5.41) is 0. The van der Waals surface area contributed by atoms with Crippen molar-refractivity contribution in [1.29, 1.82) is 0 Å². The van der Waals surface area contributed by atoms with Crippen LogP contribution in [-0.2, 0) is 0 Å². The highest BCUT2D eigenvalue weighted by molar-refractivity contribution is 7.99. The molecule has 0 saturated carbocycles. The lowest BCUT2D eigenvalue weighted by Gasteiger charge is -2.12. The van der Waals surface area contributed by atoms with Gasteiger partial charge in [0.25, 0.3) is 0 Å². The van der Waals surface area contributed by atoms with Crippen LogP contribution in [0.2, 0.25) is 0 Å². The molecule has 0 amide bonds. The zero-order chi connectivity index (χ0) is 13.9. The van der Waals surface area contributed by atoms with Crippen molar-refractivity contribution >= 4 is 11.8 Å². The van der Waals surface area contributed by atoms with Crippen LogP contribution in [0.25, 0.3) is 0 Å². The highest BCUT2D eigenvalue weighted by Gasteiger charge is 2.16. The molecule has 1 unspecified atom stereocenters. The third kappa shape index (κ3) is 2.73. The summed E-state index contributed by atoms with van der Waals surface area (Å²) in [4.78, 5) is 0.615. The normalized spacial score (nSPS) is 14.3. The minimum Gasteiger partial charge on any atom is -0.454 e. The lowest BCUT2D eigenvalue weighted by Crippen LogP contribution is -2.12. The number of nitrogens with two attached hydrogens (primary N) is 1. The summed E-state index contributed by atoms with van der Waals surface area (Å²) in [6, 6.07) is 12.2. The van der Waals surface area contributed by atoms with Gasteiger partial charge in [-0.3, -0.25) is 0 Å². The Morgan fingerprint density at radius 3 is 2.80 bits per heavy atom. The van der Waals surface area contributed by atoms with Gasteiger partial charge in [0.05, 0.1) is 0 Å². The zero-order valence-electron chi connectivity index (χ0n) is 10.7. The van der Waals surface area contributed by atoms with Crippen molar-refractivity contribution in [3.05, 3.63) is 53.8 Å². The third-order valence-corrected chi connectivity index (χ3v) is 4.25. The first-order valence-corrected chi connectivity index (χ1v) is 7.25. The van der Waals surface area contributed by atoms with E-state index in [9.17, 15) is 4.39 Å². The molecule has 1 atom stereocenters. The van der Waals surface area contributed by atoms with E-state index in [0.717, 1.165) is 11.3 Å². The van der Waals surface area contributed by atoms with Crippen LogP contribution in [0.5, 0.6) is 11.5 Å². The van der Waals surface area contributed by atoms with Gasteiger partial charge in [-0.25, -0.2) is 4.39 Å². The first-order valence-electron chi connectivity index (χ1n) is 6.26. The highest BCUT2D eigenvalue weighted by Crippen LogP contribution is 2.35. The number of thioether (sulfide) groups is 1. The Hall–Kier alpha value is -1.72. The van der Waals surface area contributed by atoms with E-state index in [0.29, 0.717) is 16.4 Å². The van der Waals surface area contributed by atoms with Gasteiger partial charge in [-0.15, -0.1) is 11.8 Å². The Labute approximate surface area is 120 Å². The molecule has 0 saturated heterocycles. The summed E-state index contributed by atoms with van der Waals surface area (Å²) in [7, 11) is 0. The summed E-state index contributed by atoms with van der Waals surface area (Å²) in [5.74, 6) is 1.84. The number of rotatable bonds is 4. The predicted octanol–water partition coefficient (Wildman–Crippen LogP) is 3.35. The van der Waals surface area contributed by atoms with Gasteiger partial charge in [0, 0.05) is 16.7 Å². The standard InChI is InChI=1S/C15H14FNO2S/c16-11-3-1-2-4-15(11)20-8-12(17)10-5-6-13-14(7-10)19-9-18-13/h1-7,12H,8-9,17H2. The van der Waals surface area contributed by atoms with Crippen molar-refractivity contribution in [2.24, 2.45) is 5.73 Å². The zero-order valence-corrected chi connectivity index (χ0v) is 11.5. The third-order valence-electron chi connectivity index (χ3n) is 3.08. The second kappa shape index (κ2) is 5.73. The number of hydrogen-bond donors (Lipinski definition) is 1. The smallest absolute Gasteiger partial charge is 0.231 e. The van der Waals surface area contributed by atoms with Crippen LogP contribution in [0.15, 0.2) is 47.4 Å². The van der Waals surface area contributed by atoms with Crippen molar-refractivity contribution in [3.8, 4) is 11.5 Å². The average molecular weight is 291 g/mol. The molecule has 0 aliphatic carbocycles. The lowest BCUT2D eigenvalue weighted by atomic mass is 10.1. The number of hydrogen-bond acceptors (Lipinski definition) is 4. The minimum absolute atomic E-state index is 0.186. The van der Waals surface area contributed by atoms with Gasteiger partial charge < -0.3 is 15.2 Å². The van der Waals surface area contributed by atoms with Crippen LogP contribution in [0.1, 0.15) is 11.6 Å². The van der Waals surface area contributed by atoms with E-state index in [1.807, 2.05) is 24.3 Å². The van der Waals surface area contributed by atoms with Gasteiger partial charge in [-0.1, -0.05) is 18.2 Å². The van der Waals surface area contributed by atoms with E-state index in [1.165, 1.54) is 17.8 Å². The van der Waals surface area contributed by atoms with E-state index in [-0.39, 0.29) is 18.7 Å². The topological polar surface area (TPSA) is 44.5 Å². The molecular weight excluding hydrogens is 277 g/mol. The van der Waals surface area contributed by atoms with Gasteiger partial charge in [0.2, 0.25) is 6.79 Å². The van der Waals surface area contributed by atoms with Gasteiger partial charge in [-0.2, -0.15) is 0 Å². The molecule has 5 heteroatoms. The number of ether oxygens (including phenoxy) is 2. The molecule has 20 heavy (non-hydrogen) atoms. The van der Waals surface area contributed by atoms with Crippen molar-refractivity contribution in [3.63, 3.8) is 0 Å². The van der Waals surface area contributed by atoms with Gasteiger partial charge in [-0.05, 0) is 29.8 Å². The fourth-order valence-electron chi connectivity index (χ4n) is 1.98. The van der Waals surface area contributed by atoms with Crippen LogP contribution in [-0.4, -0.2) is 12.5 Å². The Balaban J connectivity index is 1.67. The molecule has 0 fully saturated rings. The minimum atomic E-state index is -0.213. The molecular formula is C15H14FNO2S. The average Bonchev–Trinajstić information content (AvgIpc) is 2.93. The second-order valence-corrected chi connectivity index (χ2v) is 5.52. The highest BCUT2D eigenvalue weighted by atomic mass is 32.2. The van der Waals surface area contributed by atoms with Crippen molar-refractivity contribution < 1.29 is 13.9 Å². The molecule has 1 heterocycles.